The Morgan fingerprint density at radius 3 is 2.58 bits per heavy atom. The molecule has 2 N–H and O–H groups in total. The molecular formula is C16H14N4O3S. The van der Waals surface area contributed by atoms with Gasteiger partial charge < -0.3 is 10.1 Å². The van der Waals surface area contributed by atoms with Gasteiger partial charge in [-0.2, -0.15) is 0 Å². The smallest absolute Gasteiger partial charge is 0.257 e. The molecule has 0 saturated heterocycles. The molecule has 3 aromatic rings. The molecule has 0 radical (unpaired) electrons. The van der Waals surface area contributed by atoms with Crippen molar-refractivity contribution in [2.45, 2.75) is 6.92 Å². The fourth-order valence-electron chi connectivity index (χ4n) is 2.05. The Morgan fingerprint density at radius 2 is 1.92 bits per heavy atom. The summed E-state index contributed by atoms with van der Waals surface area (Å²) in [4.78, 5) is 32.5. The van der Waals surface area contributed by atoms with Gasteiger partial charge in [-0.05, 0) is 24.3 Å². The predicted molar refractivity (Wildman–Crippen MR) is 92.7 cm³/mol. The minimum Gasteiger partial charge on any atom is -0.495 e. The van der Waals surface area contributed by atoms with E-state index in [-0.39, 0.29) is 11.8 Å². The van der Waals surface area contributed by atoms with Gasteiger partial charge in [0, 0.05) is 24.2 Å². The zero-order valence-electron chi connectivity index (χ0n) is 13.0. The SMILES string of the molecule is COc1cnc2sc(NC(=O)c3ccc(NC(C)=O)cc3)nc2c1. The van der Waals surface area contributed by atoms with Gasteiger partial charge in [-0.25, -0.2) is 9.97 Å². The minimum absolute atomic E-state index is 0.162. The Balaban J connectivity index is 1.75. The molecule has 0 aliphatic heterocycles. The first-order chi connectivity index (χ1) is 11.5. The third-order valence-electron chi connectivity index (χ3n) is 3.15. The van der Waals surface area contributed by atoms with Crippen LogP contribution in [0, 0.1) is 0 Å². The van der Waals surface area contributed by atoms with Crippen molar-refractivity contribution in [1.29, 1.82) is 0 Å². The maximum Gasteiger partial charge on any atom is 0.257 e. The van der Waals surface area contributed by atoms with Crippen LogP contribution in [-0.2, 0) is 4.79 Å². The van der Waals surface area contributed by atoms with E-state index in [1.54, 1.807) is 43.6 Å². The summed E-state index contributed by atoms with van der Waals surface area (Å²) in [5, 5.41) is 5.85. The highest BCUT2D eigenvalue weighted by Crippen LogP contribution is 2.27. The molecule has 0 fully saturated rings. The Hall–Kier alpha value is -3.00. The number of amides is 2. The molecule has 8 heteroatoms. The van der Waals surface area contributed by atoms with Gasteiger partial charge in [-0.1, -0.05) is 11.3 Å². The Morgan fingerprint density at radius 1 is 1.17 bits per heavy atom. The second-order valence-electron chi connectivity index (χ2n) is 4.93. The molecule has 0 unspecified atom stereocenters. The van der Waals surface area contributed by atoms with E-state index in [9.17, 15) is 9.59 Å². The van der Waals surface area contributed by atoms with E-state index in [4.69, 9.17) is 4.74 Å². The lowest BCUT2D eigenvalue weighted by molar-refractivity contribution is -0.114. The summed E-state index contributed by atoms with van der Waals surface area (Å²) >= 11 is 1.28. The summed E-state index contributed by atoms with van der Waals surface area (Å²) in [6.45, 7) is 1.43. The average Bonchev–Trinajstić information content (AvgIpc) is 2.96. The molecule has 7 nitrogen and oxygen atoms in total. The van der Waals surface area contributed by atoms with Crippen LogP contribution >= 0.6 is 11.3 Å². The van der Waals surface area contributed by atoms with Crippen molar-refractivity contribution < 1.29 is 14.3 Å². The maximum atomic E-state index is 12.3. The number of methoxy groups -OCH3 is 1. The van der Waals surface area contributed by atoms with E-state index in [0.29, 0.717) is 32.5 Å². The number of ether oxygens (including phenoxy) is 1. The lowest BCUT2D eigenvalue weighted by atomic mass is 10.2. The molecule has 1 aromatic carbocycles. The lowest BCUT2D eigenvalue weighted by Crippen LogP contribution is -2.12. The first-order valence-electron chi connectivity index (χ1n) is 7.05. The number of nitrogens with zero attached hydrogens (tertiary/aromatic N) is 2. The number of aromatic nitrogens is 2. The van der Waals surface area contributed by atoms with Crippen molar-refractivity contribution in [1.82, 2.24) is 9.97 Å². The van der Waals surface area contributed by atoms with Crippen molar-refractivity contribution in [2.75, 3.05) is 17.7 Å². The van der Waals surface area contributed by atoms with Crippen LogP contribution in [0.25, 0.3) is 10.3 Å². The molecule has 2 heterocycles. The van der Waals surface area contributed by atoms with E-state index >= 15 is 0 Å². The molecule has 0 aliphatic rings. The largest absolute Gasteiger partial charge is 0.495 e. The van der Waals surface area contributed by atoms with Crippen LogP contribution in [0.4, 0.5) is 10.8 Å². The molecule has 3 rings (SSSR count). The predicted octanol–water partition coefficient (Wildman–Crippen LogP) is 2.91. The fraction of sp³-hybridized carbons (Fsp3) is 0.125. The summed E-state index contributed by atoms with van der Waals surface area (Å²) in [7, 11) is 1.56. The topological polar surface area (TPSA) is 93.2 Å². The van der Waals surface area contributed by atoms with E-state index in [2.05, 4.69) is 20.6 Å². The van der Waals surface area contributed by atoms with Gasteiger partial charge in [-0.3, -0.25) is 14.9 Å². The molecule has 122 valence electrons. The number of anilines is 2. The number of hydrogen-bond acceptors (Lipinski definition) is 6. The van der Waals surface area contributed by atoms with Gasteiger partial charge in [0.25, 0.3) is 5.91 Å². The molecule has 24 heavy (non-hydrogen) atoms. The highest BCUT2D eigenvalue weighted by atomic mass is 32.1. The number of rotatable bonds is 4. The Bertz CT molecular complexity index is 905. The quantitative estimate of drug-likeness (QED) is 0.760. The van der Waals surface area contributed by atoms with Gasteiger partial charge >= 0.3 is 0 Å². The van der Waals surface area contributed by atoms with Crippen molar-refractivity contribution in [3.63, 3.8) is 0 Å². The summed E-state index contributed by atoms with van der Waals surface area (Å²) < 4.78 is 5.11. The van der Waals surface area contributed by atoms with Crippen LogP contribution in [-0.4, -0.2) is 28.9 Å². The molecule has 0 atom stereocenters. The number of fused-ring (bicyclic) bond motifs is 1. The van der Waals surface area contributed by atoms with Gasteiger partial charge in [0.05, 0.1) is 13.3 Å². The first kappa shape index (κ1) is 15.9. The third kappa shape index (κ3) is 3.49. The van der Waals surface area contributed by atoms with Gasteiger partial charge in [0.1, 0.15) is 16.1 Å². The van der Waals surface area contributed by atoms with Crippen LogP contribution in [0.5, 0.6) is 5.75 Å². The molecular weight excluding hydrogens is 328 g/mol. The van der Waals surface area contributed by atoms with Crippen LogP contribution in [0.15, 0.2) is 36.5 Å². The average molecular weight is 342 g/mol. The number of hydrogen-bond donors (Lipinski definition) is 2. The second-order valence-corrected chi connectivity index (χ2v) is 5.91. The Kier molecular flexibility index (Phi) is 4.39. The molecule has 0 spiro atoms. The van der Waals surface area contributed by atoms with Crippen LogP contribution in [0.2, 0.25) is 0 Å². The zero-order valence-corrected chi connectivity index (χ0v) is 13.8. The molecule has 2 amide bonds. The van der Waals surface area contributed by atoms with E-state index < -0.39 is 0 Å². The minimum atomic E-state index is -0.282. The van der Waals surface area contributed by atoms with Gasteiger partial charge in [-0.15, -0.1) is 0 Å². The van der Waals surface area contributed by atoms with E-state index in [1.807, 2.05) is 0 Å². The molecule has 2 aromatic heterocycles. The number of thiazole rings is 1. The van der Waals surface area contributed by atoms with Crippen molar-refractivity contribution >= 4 is 44.3 Å². The van der Waals surface area contributed by atoms with E-state index in [1.165, 1.54) is 18.3 Å². The van der Waals surface area contributed by atoms with Crippen LogP contribution in [0.3, 0.4) is 0 Å². The third-order valence-corrected chi connectivity index (χ3v) is 4.04. The summed E-state index contributed by atoms with van der Waals surface area (Å²) in [5.41, 5.74) is 1.76. The second kappa shape index (κ2) is 6.63. The summed E-state index contributed by atoms with van der Waals surface area (Å²) in [6, 6.07) is 8.36. The van der Waals surface area contributed by atoms with E-state index in [0.717, 1.165) is 0 Å². The van der Waals surface area contributed by atoms with Crippen LogP contribution in [0.1, 0.15) is 17.3 Å². The molecule has 0 bridgehead atoms. The summed E-state index contributed by atoms with van der Waals surface area (Å²) in [6.07, 6.45) is 1.60. The highest BCUT2D eigenvalue weighted by molar-refractivity contribution is 7.21. The van der Waals surface area contributed by atoms with Crippen molar-refractivity contribution in [3.05, 3.63) is 42.1 Å². The zero-order chi connectivity index (χ0) is 17.1. The lowest BCUT2D eigenvalue weighted by Gasteiger charge is -2.04. The van der Waals surface area contributed by atoms with Crippen LogP contribution < -0.4 is 15.4 Å². The Labute approximate surface area is 141 Å². The molecule has 0 aliphatic carbocycles. The van der Waals surface area contributed by atoms with Gasteiger partial charge in [0.2, 0.25) is 5.91 Å². The van der Waals surface area contributed by atoms with Gasteiger partial charge in [0.15, 0.2) is 5.13 Å². The van der Waals surface area contributed by atoms with Crippen molar-refractivity contribution in [3.8, 4) is 5.75 Å². The monoisotopic (exact) mass is 342 g/mol. The standard InChI is InChI=1S/C16H14N4O3S/c1-9(21)18-11-5-3-10(4-6-11)14(22)20-16-19-13-7-12(23-2)8-17-15(13)24-16/h3-8H,1-2H3,(H,18,21)(H,19,20,22). The number of pyridine rings is 1. The number of nitrogens with one attached hydrogen (secondary N) is 2. The normalized spacial score (nSPS) is 10.4. The summed E-state index contributed by atoms with van der Waals surface area (Å²) in [5.74, 6) is 0.166. The van der Waals surface area contributed by atoms with Crippen molar-refractivity contribution in [2.24, 2.45) is 0 Å². The number of carbonyl (C=O) groups excluding carboxylic acids is 2. The number of benzene rings is 1. The highest BCUT2D eigenvalue weighted by Gasteiger charge is 2.11. The fourth-order valence-corrected chi connectivity index (χ4v) is 2.83. The maximum absolute atomic E-state index is 12.3. The molecule has 0 saturated carbocycles. The number of carbonyl (C=O) groups is 2. The first-order valence-corrected chi connectivity index (χ1v) is 7.86.